The van der Waals surface area contributed by atoms with Crippen LogP contribution in [0.3, 0.4) is 0 Å². The van der Waals surface area contributed by atoms with E-state index in [9.17, 15) is 14.4 Å². The van der Waals surface area contributed by atoms with Crippen LogP contribution in [-0.2, 0) is 14.3 Å². The van der Waals surface area contributed by atoms with E-state index < -0.39 is 24.5 Å². The molecule has 0 aliphatic carbocycles. The van der Waals surface area contributed by atoms with Gasteiger partial charge in [0.25, 0.3) is 0 Å². The van der Waals surface area contributed by atoms with E-state index in [0.29, 0.717) is 5.56 Å². The molecule has 0 unspecified atom stereocenters. The van der Waals surface area contributed by atoms with Crippen molar-refractivity contribution in [2.45, 2.75) is 0 Å². The van der Waals surface area contributed by atoms with E-state index in [0.717, 1.165) is 0 Å². The SMILES string of the molecule is O=C(COC(=O)c1ccccc1)OC(=O)c1ccccc1. The van der Waals surface area contributed by atoms with Crippen molar-refractivity contribution in [1.29, 1.82) is 0 Å². The second kappa shape index (κ2) is 7.00. The first-order chi connectivity index (χ1) is 10.2. The molecule has 0 radical (unpaired) electrons. The number of carbonyl (C=O) groups is 3. The van der Waals surface area contributed by atoms with Crippen molar-refractivity contribution in [3.05, 3.63) is 71.8 Å². The summed E-state index contributed by atoms with van der Waals surface area (Å²) in [6.45, 7) is -0.619. The second-order valence-electron chi connectivity index (χ2n) is 4.07. The molecule has 0 saturated carbocycles. The topological polar surface area (TPSA) is 69.7 Å². The molecule has 21 heavy (non-hydrogen) atoms. The Morgan fingerprint density at radius 2 is 1.19 bits per heavy atom. The van der Waals surface area contributed by atoms with Gasteiger partial charge in [-0.25, -0.2) is 14.4 Å². The lowest BCUT2D eigenvalue weighted by Gasteiger charge is -2.05. The van der Waals surface area contributed by atoms with Crippen molar-refractivity contribution < 1.29 is 23.9 Å². The van der Waals surface area contributed by atoms with Crippen LogP contribution in [0.1, 0.15) is 20.7 Å². The van der Waals surface area contributed by atoms with Crippen molar-refractivity contribution in [3.8, 4) is 0 Å². The molecular formula is C16H12O5. The molecule has 0 atom stereocenters. The molecule has 2 aromatic rings. The summed E-state index contributed by atoms with van der Waals surface area (Å²) in [7, 11) is 0. The maximum absolute atomic E-state index is 11.6. The Bertz CT molecular complexity index is 634. The molecule has 0 aliphatic heterocycles. The quantitative estimate of drug-likeness (QED) is 0.636. The molecular weight excluding hydrogens is 272 g/mol. The van der Waals surface area contributed by atoms with Gasteiger partial charge in [0.1, 0.15) is 0 Å². The van der Waals surface area contributed by atoms with Crippen LogP contribution in [0.15, 0.2) is 60.7 Å². The van der Waals surface area contributed by atoms with Gasteiger partial charge in [-0.2, -0.15) is 0 Å². The van der Waals surface area contributed by atoms with E-state index in [1.807, 2.05) is 0 Å². The first kappa shape index (κ1) is 14.5. The van der Waals surface area contributed by atoms with Gasteiger partial charge in [0.2, 0.25) is 0 Å². The molecule has 0 bridgehead atoms. The van der Waals surface area contributed by atoms with Crippen LogP contribution in [0.2, 0.25) is 0 Å². The molecule has 0 amide bonds. The Balaban J connectivity index is 1.83. The minimum absolute atomic E-state index is 0.250. The van der Waals surface area contributed by atoms with Crippen LogP contribution in [0, 0.1) is 0 Å². The van der Waals surface area contributed by atoms with Gasteiger partial charge in [-0.1, -0.05) is 36.4 Å². The highest BCUT2D eigenvalue weighted by Gasteiger charge is 2.15. The summed E-state index contributed by atoms with van der Waals surface area (Å²) in [5.74, 6) is -2.36. The zero-order valence-corrected chi connectivity index (χ0v) is 11.0. The van der Waals surface area contributed by atoms with E-state index >= 15 is 0 Å². The first-order valence-corrected chi connectivity index (χ1v) is 6.19. The summed E-state index contributed by atoms with van der Waals surface area (Å²) in [5, 5.41) is 0. The highest BCUT2D eigenvalue weighted by molar-refractivity contribution is 5.98. The molecule has 0 saturated heterocycles. The number of hydrogen-bond acceptors (Lipinski definition) is 5. The Kier molecular flexibility index (Phi) is 4.82. The van der Waals surface area contributed by atoms with E-state index in [4.69, 9.17) is 4.74 Å². The lowest BCUT2D eigenvalue weighted by molar-refractivity contribution is -0.141. The third kappa shape index (κ3) is 4.28. The zero-order valence-electron chi connectivity index (χ0n) is 11.0. The molecule has 0 spiro atoms. The van der Waals surface area contributed by atoms with Crippen molar-refractivity contribution in [3.63, 3.8) is 0 Å². The molecule has 5 heteroatoms. The van der Waals surface area contributed by atoms with Crippen LogP contribution in [0.25, 0.3) is 0 Å². The lowest BCUT2D eigenvalue weighted by atomic mass is 10.2. The summed E-state index contributed by atoms with van der Waals surface area (Å²) < 4.78 is 9.33. The molecule has 2 rings (SSSR count). The molecule has 5 nitrogen and oxygen atoms in total. The van der Waals surface area contributed by atoms with Crippen LogP contribution in [0.4, 0.5) is 0 Å². The lowest BCUT2D eigenvalue weighted by Crippen LogP contribution is -2.20. The van der Waals surface area contributed by atoms with E-state index in [1.165, 1.54) is 12.1 Å². The fourth-order valence-corrected chi connectivity index (χ4v) is 1.55. The van der Waals surface area contributed by atoms with E-state index in [1.54, 1.807) is 48.5 Å². The van der Waals surface area contributed by atoms with Gasteiger partial charge < -0.3 is 9.47 Å². The number of carbonyl (C=O) groups excluding carboxylic acids is 3. The molecule has 106 valence electrons. The molecule has 0 fully saturated rings. The standard InChI is InChI=1S/C16H12O5/c17-14(21-16(19)13-9-5-2-6-10-13)11-20-15(18)12-7-3-1-4-8-12/h1-10H,11H2. The van der Waals surface area contributed by atoms with Crippen molar-refractivity contribution in [2.24, 2.45) is 0 Å². The fraction of sp³-hybridized carbons (Fsp3) is 0.0625. The van der Waals surface area contributed by atoms with Crippen LogP contribution < -0.4 is 0 Å². The van der Waals surface area contributed by atoms with Gasteiger partial charge in [0.15, 0.2) is 6.61 Å². The first-order valence-electron chi connectivity index (χ1n) is 6.19. The summed E-state index contributed by atoms with van der Waals surface area (Å²) in [6, 6.07) is 16.3. The van der Waals surface area contributed by atoms with E-state index in [2.05, 4.69) is 4.74 Å². The normalized spacial score (nSPS) is 9.71. The predicted molar refractivity (Wildman–Crippen MR) is 73.6 cm³/mol. The zero-order chi connectivity index (χ0) is 15.1. The molecule has 0 aromatic heterocycles. The largest absolute Gasteiger partial charge is 0.450 e. The van der Waals surface area contributed by atoms with E-state index in [-0.39, 0.29) is 5.56 Å². The highest BCUT2D eigenvalue weighted by atomic mass is 16.6. The van der Waals surface area contributed by atoms with Crippen molar-refractivity contribution in [1.82, 2.24) is 0 Å². The average molecular weight is 284 g/mol. The summed E-state index contributed by atoms with van der Waals surface area (Å²) >= 11 is 0. The highest BCUT2D eigenvalue weighted by Crippen LogP contribution is 2.03. The molecule has 0 aliphatic rings. The van der Waals surface area contributed by atoms with Gasteiger partial charge in [-0.15, -0.1) is 0 Å². The Hall–Kier alpha value is -2.95. The third-order valence-electron chi connectivity index (χ3n) is 2.55. The van der Waals surface area contributed by atoms with Gasteiger partial charge >= 0.3 is 17.9 Å². The van der Waals surface area contributed by atoms with Gasteiger partial charge in [0.05, 0.1) is 11.1 Å². The second-order valence-corrected chi connectivity index (χ2v) is 4.07. The number of ether oxygens (including phenoxy) is 2. The molecule has 0 N–H and O–H groups in total. The Labute approximate surface area is 121 Å². The maximum atomic E-state index is 11.6. The summed E-state index contributed by atoms with van der Waals surface area (Å²) in [6.07, 6.45) is 0. The number of rotatable bonds is 4. The van der Waals surface area contributed by atoms with Crippen LogP contribution in [0.5, 0.6) is 0 Å². The summed E-state index contributed by atoms with van der Waals surface area (Å²) in [4.78, 5) is 34.6. The summed E-state index contributed by atoms with van der Waals surface area (Å²) in [5.41, 5.74) is 0.569. The average Bonchev–Trinajstić information content (AvgIpc) is 2.54. The fourth-order valence-electron chi connectivity index (χ4n) is 1.55. The Morgan fingerprint density at radius 1 is 0.714 bits per heavy atom. The number of hydrogen-bond donors (Lipinski definition) is 0. The van der Waals surface area contributed by atoms with Gasteiger partial charge in [0, 0.05) is 0 Å². The van der Waals surface area contributed by atoms with Crippen LogP contribution >= 0.6 is 0 Å². The van der Waals surface area contributed by atoms with Crippen molar-refractivity contribution >= 4 is 17.9 Å². The smallest absolute Gasteiger partial charge is 0.352 e. The third-order valence-corrected chi connectivity index (χ3v) is 2.55. The van der Waals surface area contributed by atoms with Crippen LogP contribution in [-0.4, -0.2) is 24.5 Å². The molecule has 0 heterocycles. The number of benzene rings is 2. The van der Waals surface area contributed by atoms with Gasteiger partial charge in [-0.3, -0.25) is 0 Å². The van der Waals surface area contributed by atoms with Gasteiger partial charge in [-0.05, 0) is 24.3 Å². The minimum atomic E-state index is -0.923. The predicted octanol–water partition coefficient (Wildman–Crippen LogP) is 2.23. The monoisotopic (exact) mass is 284 g/mol. The molecule has 2 aromatic carbocycles. The number of esters is 3. The Morgan fingerprint density at radius 3 is 1.71 bits per heavy atom. The minimum Gasteiger partial charge on any atom is -0.450 e. The maximum Gasteiger partial charge on any atom is 0.352 e. The van der Waals surface area contributed by atoms with Crippen molar-refractivity contribution in [2.75, 3.05) is 6.61 Å².